The van der Waals surface area contributed by atoms with Crippen LogP contribution < -0.4 is 9.47 Å². The lowest BCUT2D eigenvalue weighted by molar-refractivity contribution is 0.0524. The number of carbonyl (C=O) groups excluding carboxylic acids is 1. The van der Waals surface area contributed by atoms with E-state index in [4.69, 9.17) is 9.47 Å². The summed E-state index contributed by atoms with van der Waals surface area (Å²) in [5.41, 5.74) is 1.48. The summed E-state index contributed by atoms with van der Waals surface area (Å²) in [6, 6.07) is 14.2. The Morgan fingerprint density at radius 3 is 2.67 bits per heavy atom. The fraction of sp³-hybridized carbons (Fsp3) is 0.409. The zero-order chi connectivity index (χ0) is 21.6. The molecule has 1 aliphatic heterocycles. The van der Waals surface area contributed by atoms with E-state index in [1.165, 1.54) is 0 Å². The van der Waals surface area contributed by atoms with Gasteiger partial charge < -0.3 is 14.6 Å². The average molecular weight is 434 g/mol. The summed E-state index contributed by atoms with van der Waals surface area (Å²) in [6.45, 7) is 0.802. The number of nitrogens with zero attached hydrogens (tertiary/aromatic N) is 1. The fourth-order valence-corrected chi connectivity index (χ4v) is 5.37. The number of hydrogen-bond acceptors (Lipinski definition) is 7. The van der Waals surface area contributed by atoms with Crippen LogP contribution in [0.3, 0.4) is 0 Å². The molecule has 0 aromatic heterocycles. The normalized spacial score (nSPS) is 18.8. The second-order valence-corrected chi connectivity index (χ2v) is 9.72. The van der Waals surface area contributed by atoms with Crippen LogP contribution in [0.5, 0.6) is 11.5 Å². The molecular formula is C22H27NO6S. The number of carbonyl (C=O) groups is 1. The summed E-state index contributed by atoms with van der Waals surface area (Å²) in [5.74, 6) is 1.48. The number of rotatable bonds is 10. The minimum absolute atomic E-state index is 0.0381. The van der Waals surface area contributed by atoms with E-state index >= 15 is 0 Å². The van der Waals surface area contributed by atoms with E-state index in [0.717, 1.165) is 17.6 Å². The number of methoxy groups -OCH3 is 1. The zero-order valence-corrected chi connectivity index (χ0v) is 17.8. The van der Waals surface area contributed by atoms with E-state index in [1.54, 1.807) is 31.4 Å². The van der Waals surface area contributed by atoms with Gasteiger partial charge in [0.05, 0.1) is 18.6 Å². The summed E-state index contributed by atoms with van der Waals surface area (Å²) in [7, 11) is -1.46. The fourth-order valence-electron chi connectivity index (χ4n) is 3.60. The van der Waals surface area contributed by atoms with Gasteiger partial charge in [0.2, 0.25) is 0 Å². The van der Waals surface area contributed by atoms with E-state index in [9.17, 15) is 18.3 Å². The molecular weight excluding hydrogens is 406 g/mol. The van der Waals surface area contributed by atoms with Crippen LogP contribution >= 0.6 is 0 Å². The Hall–Kier alpha value is -2.42. The first-order valence-corrected chi connectivity index (χ1v) is 11.6. The van der Waals surface area contributed by atoms with Crippen LogP contribution in [-0.4, -0.2) is 68.6 Å². The van der Waals surface area contributed by atoms with E-state index in [-0.39, 0.29) is 30.7 Å². The molecule has 2 aromatic rings. The van der Waals surface area contributed by atoms with Crippen molar-refractivity contribution < 1.29 is 27.8 Å². The van der Waals surface area contributed by atoms with Crippen LogP contribution in [-0.2, 0) is 16.4 Å². The molecule has 0 saturated carbocycles. The molecule has 1 aliphatic rings. The van der Waals surface area contributed by atoms with Crippen molar-refractivity contribution in [2.24, 2.45) is 0 Å². The number of aldehydes is 1. The van der Waals surface area contributed by atoms with Gasteiger partial charge in [-0.25, -0.2) is 8.42 Å². The number of sulfone groups is 1. The van der Waals surface area contributed by atoms with Gasteiger partial charge >= 0.3 is 0 Å². The van der Waals surface area contributed by atoms with E-state index in [0.29, 0.717) is 24.3 Å². The van der Waals surface area contributed by atoms with E-state index in [2.05, 4.69) is 0 Å². The summed E-state index contributed by atoms with van der Waals surface area (Å²) in [6.07, 6.45) is 0.458. The van der Waals surface area contributed by atoms with Crippen molar-refractivity contribution in [2.45, 2.75) is 25.1 Å². The van der Waals surface area contributed by atoms with Crippen LogP contribution in [0.1, 0.15) is 22.3 Å². The number of ether oxygens (including phenoxy) is 2. The molecule has 0 radical (unpaired) electrons. The molecule has 2 unspecified atom stereocenters. The molecule has 2 atom stereocenters. The largest absolute Gasteiger partial charge is 0.497 e. The minimum Gasteiger partial charge on any atom is -0.497 e. The molecule has 3 rings (SSSR count). The summed E-state index contributed by atoms with van der Waals surface area (Å²) >= 11 is 0. The smallest absolute Gasteiger partial charge is 0.151 e. The lowest BCUT2D eigenvalue weighted by Crippen LogP contribution is -2.42. The highest BCUT2D eigenvalue weighted by Crippen LogP contribution is 2.22. The predicted octanol–water partition coefficient (Wildman–Crippen LogP) is 1.94. The maximum atomic E-state index is 12.0. The third kappa shape index (κ3) is 6.29. The number of aliphatic hydroxyl groups excluding tert-OH is 1. The monoisotopic (exact) mass is 433 g/mol. The van der Waals surface area contributed by atoms with E-state index < -0.39 is 15.9 Å². The number of benzene rings is 2. The highest BCUT2D eigenvalue weighted by molar-refractivity contribution is 7.91. The van der Waals surface area contributed by atoms with Gasteiger partial charge in [-0.05, 0) is 36.2 Å². The molecule has 30 heavy (non-hydrogen) atoms. The van der Waals surface area contributed by atoms with Gasteiger partial charge in [0.15, 0.2) is 9.84 Å². The van der Waals surface area contributed by atoms with Gasteiger partial charge in [-0.2, -0.15) is 0 Å². The van der Waals surface area contributed by atoms with Crippen LogP contribution in [0.25, 0.3) is 0 Å². The van der Waals surface area contributed by atoms with Gasteiger partial charge in [0, 0.05) is 24.7 Å². The third-order valence-corrected chi connectivity index (χ3v) is 6.88. The summed E-state index contributed by atoms with van der Waals surface area (Å²) in [4.78, 5) is 12.9. The van der Waals surface area contributed by atoms with E-state index in [1.807, 2.05) is 29.2 Å². The van der Waals surface area contributed by atoms with Crippen molar-refractivity contribution in [2.75, 3.05) is 31.8 Å². The van der Waals surface area contributed by atoms with Crippen molar-refractivity contribution >= 4 is 16.1 Å². The van der Waals surface area contributed by atoms with Gasteiger partial charge in [-0.15, -0.1) is 0 Å². The molecule has 8 heteroatoms. The Labute approximate surface area is 177 Å². The number of hydrogen-bond donors (Lipinski definition) is 1. The molecule has 2 aromatic carbocycles. The maximum absolute atomic E-state index is 12.0. The van der Waals surface area contributed by atoms with Crippen molar-refractivity contribution in [1.82, 2.24) is 4.90 Å². The first-order chi connectivity index (χ1) is 14.4. The van der Waals surface area contributed by atoms with Crippen LogP contribution in [0, 0.1) is 0 Å². The molecule has 0 bridgehead atoms. The molecule has 0 spiro atoms. The maximum Gasteiger partial charge on any atom is 0.151 e. The first kappa shape index (κ1) is 22.3. The molecule has 1 heterocycles. The average Bonchev–Trinajstić information content (AvgIpc) is 3.11. The van der Waals surface area contributed by atoms with Crippen molar-refractivity contribution in [3.05, 3.63) is 59.7 Å². The Bertz CT molecular complexity index is 962. The van der Waals surface area contributed by atoms with Crippen LogP contribution in [0.15, 0.2) is 48.5 Å². The standard InChI is InChI=1S/C22H27NO6S/c1-28-21-6-2-4-17(10-21)12-23(19-8-9-30(26,27)16-19)13-20(25)15-29-22-7-3-5-18(11-22)14-24/h2-7,10-11,14,19-20,25H,8-9,12-13,15-16H2,1H3. The lowest BCUT2D eigenvalue weighted by atomic mass is 10.1. The SMILES string of the molecule is COc1cccc(CN(CC(O)COc2cccc(C=O)c2)C2CCS(=O)(=O)C2)c1. The minimum atomic E-state index is -3.06. The van der Waals surface area contributed by atoms with Crippen LogP contribution in [0.2, 0.25) is 0 Å². The topological polar surface area (TPSA) is 93.1 Å². The highest BCUT2D eigenvalue weighted by Gasteiger charge is 2.33. The Morgan fingerprint density at radius 1 is 1.20 bits per heavy atom. The Balaban J connectivity index is 1.67. The van der Waals surface area contributed by atoms with Crippen LogP contribution in [0.4, 0.5) is 0 Å². The van der Waals surface area contributed by atoms with Crippen molar-refractivity contribution in [3.8, 4) is 11.5 Å². The highest BCUT2D eigenvalue weighted by atomic mass is 32.2. The molecule has 162 valence electrons. The molecule has 1 N–H and O–H groups in total. The lowest BCUT2D eigenvalue weighted by Gasteiger charge is -2.30. The van der Waals surface area contributed by atoms with Gasteiger partial charge in [0.25, 0.3) is 0 Å². The molecule has 0 amide bonds. The van der Waals surface area contributed by atoms with Gasteiger partial charge in [0.1, 0.15) is 30.5 Å². The number of aliphatic hydroxyl groups is 1. The Kier molecular flexibility index (Phi) is 7.47. The van der Waals surface area contributed by atoms with Gasteiger partial charge in [-0.1, -0.05) is 24.3 Å². The zero-order valence-electron chi connectivity index (χ0n) is 16.9. The molecule has 7 nitrogen and oxygen atoms in total. The van der Waals surface area contributed by atoms with Crippen molar-refractivity contribution in [3.63, 3.8) is 0 Å². The third-order valence-electron chi connectivity index (χ3n) is 5.13. The summed E-state index contributed by atoms with van der Waals surface area (Å²) < 4.78 is 34.9. The molecule has 0 aliphatic carbocycles. The first-order valence-electron chi connectivity index (χ1n) is 9.82. The second kappa shape index (κ2) is 10.1. The van der Waals surface area contributed by atoms with Gasteiger partial charge in [-0.3, -0.25) is 9.69 Å². The molecule has 1 fully saturated rings. The molecule has 1 saturated heterocycles. The second-order valence-electron chi connectivity index (χ2n) is 7.49. The van der Waals surface area contributed by atoms with Crippen molar-refractivity contribution in [1.29, 1.82) is 0 Å². The Morgan fingerprint density at radius 2 is 1.97 bits per heavy atom. The summed E-state index contributed by atoms with van der Waals surface area (Å²) in [5, 5.41) is 10.6. The predicted molar refractivity (Wildman–Crippen MR) is 114 cm³/mol. The quantitative estimate of drug-likeness (QED) is 0.572.